The Balaban J connectivity index is 1.48. The summed E-state index contributed by atoms with van der Waals surface area (Å²) in [6.45, 7) is 3.77. The van der Waals surface area contributed by atoms with Gasteiger partial charge in [0.1, 0.15) is 6.04 Å². The van der Waals surface area contributed by atoms with E-state index >= 15 is 0 Å². The molecule has 188 valence electrons. The fourth-order valence-corrected chi connectivity index (χ4v) is 6.47. The van der Waals surface area contributed by atoms with Crippen molar-refractivity contribution in [3.05, 3.63) is 125 Å². The molecule has 0 saturated heterocycles. The van der Waals surface area contributed by atoms with Gasteiger partial charge in [-0.1, -0.05) is 65.9 Å². The van der Waals surface area contributed by atoms with Gasteiger partial charge < -0.3 is 5.32 Å². The Morgan fingerprint density at radius 2 is 1.84 bits per heavy atom. The number of aryl methyl sites for hydroxylation is 1. The molecule has 0 aliphatic carbocycles. The number of anilines is 1. The lowest BCUT2D eigenvalue weighted by Crippen LogP contribution is -2.40. The van der Waals surface area contributed by atoms with Gasteiger partial charge in [-0.2, -0.15) is 5.10 Å². The minimum atomic E-state index is -0.574. The minimum absolute atomic E-state index is 0.193. The van der Waals surface area contributed by atoms with E-state index in [9.17, 15) is 9.59 Å². The number of nitrogens with zero attached hydrogens (tertiary/aromatic N) is 3. The van der Waals surface area contributed by atoms with E-state index in [4.69, 9.17) is 4.99 Å². The molecule has 1 aliphatic rings. The van der Waals surface area contributed by atoms with Crippen molar-refractivity contribution in [1.82, 2.24) is 14.8 Å². The van der Waals surface area contributed by atoms with Gasteiger partial charge in [-0.15, -0.1) is 11.3 Å². The molecular formula is C29H23N5O2S2. The van der Waals surface area contributed by atoms with Gasteiger partial charge in [0.05, 0.1) is 27.7 Å². The van der Waals surface area contributed by atoms with Gasteiger partial charge in [0.2, 0.25) is 0 Å². The van der Waals surface area contributed by atoms with Crippen LogP contribution in [0.4, 0.5) is 5.69 Å². The maximum atomic E-state index is 13.9. The number of aromatic nitrogens is 3. The number of aromatic amines is 1. The van der Waals surface area contributed by atoms with E-state index in [1.165, 1.54) is 22.7 Å². The van der Waals surface area contributed by atoms with Crippen LogP contribution in [-0.4, -0.2) is 20.7 Å². The number of allylic oxidation sites excluding steroid dienone is 1. The first-order valence-corrected chi connectivity index (χ1v) is 13.7. The summed E-state index contributed by atoms with van der Waals surface area (Å²) in [4.78, 5) is 33.7. The number of thiazole rings is 1. The van der Waals surface area contributed by atoms with Crippen molar-refractivity contribution in [2.24, 2.45) is 4.99 Å². The molecule has 3 aromatic heterocycles. The van der Waals surface area contributed by atoms with E-state index in [0.29, 0.717) is 20.6 Å². The number of fused-ring (bicyclic) bond motifs is 1. The van der Waals surface area contributed by atoms with Crippen LogP contribution in [0.1, 0.15) is 29.0 Å². The van der Waals surface area contributed by atoms with Crippen molar-refractivity contribution in [2.45, 2.75) is 19.9 Å². The molecule has 4 heterocycles. The number of thiophene rings is 1. The van der Waals surface area contributed by atoms with E-state index < -0.39 is 6.04 Å². The Bertz CT molecular complexity index is 1860. The van der Waals surface area contributed by atoms with Crippen LogP contribution in [0.15, 0.2) is 99.4 Å². The normalized spacial score (nSPS) is 15.3. The Morgan fingerprint density at radius 3 is 2.61 bits per heavy atom. The topological polar surface area (TPSA) is 92.1 Å². The highest BCUT2D eigenvalue weighted by Gasteiger charge is 2.33. The van der Waals surface area contributed by atoms with Crippen LogP contribution in [0.3, 0.4) is 0 Å². The largest absolute Gasteiger partial charge is 0.322 e. The monoisotopic (exact) mass is 537 g/mol. The maximum Gasteiger partial charge on any atom is 0.271 e. The second-order valence-electron chi connectivity index (χ2n) is 8.93. The first kappa shape index (κ1) is 24.0. The van der Waals surface area contributed by atoms with Gasteiger partial charge in [0.25, 0.3) is 11.5 Å². The molecule has 6 rings (SSSR count). The molecule has 9 heteroatoms. The summed E-state index contributed by atoms with van der Waals surface area (Å²) < 4.78 is 2.17. The molecule has 1 amide bonds. The van der Waals surface area contributed by atoms with Crippen LogP contribution in [0.2, 0.25) is 0 Å². The lowest BCUT2D eigenvalue weighted by Gasteiger charge is -2.24. The van der Waals surface area contributed by atoms with Crippen LogP contribution < -0.4 is 20.2 Å². The molecule has 1 atom stereocenters. The lowest BCUT2D eigenvalue weighted by atomic mass is 10.0. The molecule has 2 aromatic carbocycles. The smallest absolute Gasteiger partial charge is 0.271 e. The number of para-hydroxylation sites is 1. The zero-order chi connectivity index (χ0) is 26.2. The standard InChI is InChI=1S/C29H23N5O2S2/c1-17-9-6-7-12-21(17)32-27(35)24-18(2)31-29-34(26(24)22-13-8-14-37-22)28(36)23(38-29)15-20-16-30-33-25(20)19-10-4-3-5-11-19/h3-16,26H,1-2H3,(H,30,33)(H,32,35). The molecule has 5 aromatic rings. The molecule has 38 heavy (non-hydrogen) atoms. The highest BCUT2D eigenvalue weighted by molar-refractivity contribution is 7.10. The molecule has 0 spiro atoms. The predicted molar refractivity (Wildman–Crippen MR) is 152 cm³/mol. The Kier molecular flexibility index (Phi) is 6.22. The van der Waals surface area contributed by atoms with Crippen molar-refractivity contribution in [3.8, 4) is 11.3 Å². The van der Waals surface area contributed by atoms with Gasteiger partial charge in [0, 0.05) is 21.7 Å². The van der Waals surface area contributed by atoms with Gasteiger partial charge >= 0.3 is 0 Å². The van der Waals surface area contributed by atoms with Crippen molar-refractivity contribution in [3.63, 3.8) is 0 Å². The minimum Gasteiger partial charge on any atom is -0.322 e. The Hall–Kier alpha value is -4.34. The molecule has 0 radical (unpaired) electrons. The first-order chi connectivity index (χ1) is 18.5. The SMILES string of the molecule is CC1=C(C(=O)Nc2ccccc2C)C(c2cccs2)n2c(sc(=Cc3cn[nH]c3-c3ccccc3)c2=O)=N1. The van der Waals surface area contributed by atoms with E-state index in [-0.39, 0.29) is 11.5 Å². The van der Waals surface area contributed by atoms with E-state index in [1.54, 1.807) is 10.8 Å². The van der Waals surface area contributed by atoms with E-state index in [0.717, 1.165) is 32.9 Å². The van der Waals surface area contributed by atoms with E-state index in [2.05, 4.69) is 15.5 Å². The third kappa shape index (κ3) is 4.25. The fourth-order valence-electron chi connectivity index (χ4n) is 4.61. The third-order valence-electron chi connectivity index (χ3n) is 6.49. The van der Waals surface area contributed by atoms with Crippen LogP contribution in [0.25, 0.3) is 17.3 Å². The van der Waals surface area contributed by atoms with E-state index in [1.807, 2.05) is 92.0 Å². The summed E-state index contributed by atoms with van der Waals surface area (Å²) in [5.41, 5.74) is 5.17. The summed E-state index contributed by atoms with van der Waals surface area (Å²) in [6, 6.07) is 20.8. The molecule has 2 N–H and O–H groups in total. The fraction of sp³-hybridized carbons (Fsp3) is 0.103. The van der Waals surface area contributed by atoms with Crippen LogP contribution in [-0.2, 0) is 4.79 Å². The van der Waals surface area contributed by atoms with Crippen LogP contribution in [0.5, 0.6) is 0 Å². The lowest BCUT2D eigenvalue weighted by molar-refractivity contribution is -0.113. The maximum absolute atomic E-state index is 13.9. The predicted octanol–water partition coefficient (Wildman–Crippen LogP) is 4.63. The summed E-state index contributed by atoms with van der Waals surface area (Å²) in [7, 11) is 0. The van der Waals surface area contributed by atoms with Crippen molar-refractivity contribution in [2.75, 3.05) is 5.32 Å². The summed E-state index contributed by atoms with van der Waals surface area (Å²) in [5.74, 6) is -0.269. The Morgan fingerprint density at radius 1 is 1.05 bits per heavy atom. The number of hydrogen-bond donors (Lipinski definition) is 2. The van der Waals surface area contributed by atoms with Crippen LogP contribution >= 0.6 is 22.7 Å². The molecule has 1 unspecified atom stereocenters. The van der Waals surface area contributed by atoms with Gasteiger partial charge in [0.15, 0.2) is 4.80 Å². The van der Waals surface area contributed by atoms with Crippen molar-refractivity contribution >= 4 is 40.3 Å². The number of benzene rings is 2. The highest BCUT2D eigenvalue weighted by atomic mass is 32.1. The van der Waals surface area contributed by atoms with Crippen molar-refractivity contribution < 1.29 is 4.79 Å². The average molecular weight is 538 g/mol. The zero-order valence-electron chi connectivity index (χ0n) is 20.6. The average Bonchev–Trinajstić information content (AvgIpc) is 3.67. The molecular weight excluding hydrogens is 514 g/mol. The van der Waals surface area contributed by atoms with Gasteiger partial charge in [-0.3, -0.25) is 19.3 Å². The number of hydrogen-bond acceptors (Lipinski definition) is 6. The second kappa shape index (κ2) is 9.85. The number of carbonyl (C=O) groups is 1. The number of amides is 1. The number of nitrogens with one attached hydrogen (secondary N) is 2. The zero-order valence-corrected chi connectivity index (χ0v) is 22.3. The summed E-state index contributed by atoms with van der Waals surface area (Å²) in [5, 5.41) is 12.2. The summed E-state index contributed by atoms with van der Waals surface area (Å²) >= 11 is 2.83. The molecule has 0 fully saturated rings. The van der Waals surface area contributed by atoms with Gasteiger partial charge in [-0.25, -0.2) is 4.99 Å². The summed E-state index contributed by atoms with van der Waals surface area (Å²) in [6.07, 6.45) is 3.55. The third-order valence-corrected chi connectivity index (χ3v) is 8.40. The van der Waals surface area contributed by atoms with Gasteiger partial charge in [-0.05, 0) is 43.0 Å². The first-order valence-electron chi connectivity index (χ1n) is 12.0. The number of carbonyl (C=O) groups excluding carboxylic acids is 1. The van der Waals surface area contributed by atoms with Crippen molar-refractivity contribution in [1.29, 1.82) is 0 Å². The Labute approximate surface area is 226 Å². The van der Waals surface area contributed by atoms with Crippen LogP contribution in [0, 0.1) is 6.92 Å². The number of H-pyrrole nitrogens is 1. The highest BCUT2D eigenvalue weighted by Crippen LogP contribution is 2.33. The molecule has 0 bridgehead atoms. The molecule has 7 nitrogen and oxygen atoms in total. The molecule has 0 saturated carbocycles. The quantitative estimate of drug-likeness (QED) is 0.342. The number of rotatable bonds is 5. The molecule has 1 aliphatic heterocycles. The second-order valence-corrected chi connectivity index (χ2v) is 10.9.